The number of rotatable bonds is 4. The average molecular weight is 241 g/mol. The van der Waals surface area contributed by atoms with E-state index in [1.807, 2.05) is 0 Å². The highest BCUT2D eigenvalue weighted by atomic mass is 16.3. The van der Waals surface area contributed by atoms with Crippen molar-refractivity contribution in [2.24, 2.45) is 5.92 Å². The summed E-state index contributed by atoms with van der Waals surface area (Å²) < 4.78 is 0. The quantitative estimate of drug-likeness (QED) is 0.704. The molecular formula is C14H27NO2. The van der Waals surface area contributed by atoms with Crippen LogP contribution in [0.4, 0.5) is 0 Å². The highest BCUT2D eigenvalue weighted by Crippen LogP contribution is 2.41. The van der Waals surface area contributed by atoms with Gasteiger partial charge in [0.1, 0.15) is 0 Å². The Balaban J connectivity index is 1.98. The van der Waals surface area contributed by atoms with Gasteiger partial charge in [0.25, 0.3) is 0 Å². The molecule has 2 saturated carbocycles. The minimum Gasteiger partial charge on any atom is -0.395 e. The van der Waals surface area contributed by atoms with Crippen molar-refractivity contribution in [3.8, 4) is 0 Å². The lowest BCUT2D eigenvalue weighted by atomic mass is 9.67. The minimum atomic E-state index is -0.425. The molecule has 2 unspecified atom stereocenters. The monoisotopic (exact) mass is 241 g/mol. The van der Waals surface area contributed by atoms with Gasteiger partial charge >= 0.3 is 0 Å². The Morgan fingerprint density at radius 1 is 1.00 bits per heavy atom. The first kappa shape index (κ1) is 13.3. The number of hydrogen-bond donors (Lipinski definition) is 3. The van der Waals surface area contributed by atoms with Gasteiger partial charge in [0.2, 0.25) is 0 Å². The van der Waals surface area contributed by atoms with Crippen molar-refractivity contribution in [2.75, 3.05) is 13.2 Å². The van der Waals surface area contributed by atoms with Gasteiger partial charge < -0.3 is 15.5 Å². The molecule has 3 heteroatoms. The van der Waals surface area contributed by atoms with Crippen LogP contribution in [0, 0.1) is 5.92 Å². The second kappa shape index (κ2) is 6.17. The first-order chi connectivity index (χ1) is 8.26. The molecule has 2 atom stereocenters. The lowest BCUT2D eigenvalue weighted by molar-refractivity contribution is -0.0728. The van der Waals surface area contributed by atoms with Crippen LogP contribution in [-0.2, 0) is 0 Å². The van der Waals surface area contributed by atoms with Crippen LogP contribution >= 0.6 is 0 Å². The van der Waals surface area contributed by atoms with Crippen molar-refractivity contribution >= 4 is 0 Å². The maximum absolute atomic E-state index is 10.9. The topological polar surface area (TPSA) is 52.5 Å². The fraction of sp³-hybridized carbons (Fsp3) is 1.00. The summed E-state index contributed by atoms with van der Waals surface area (Å²) in [6, 6.07) is 0.416. The van der Waals surface area contributed by atoms with E-state index in [4.69, 9.17) is 5.11 Å². The van der Waals surface area contributed by atoms with Crippen molar-refractivity contribution in [3.05, 3.63) is 0 Å². The Morgan fingerprint density at radius 2 is 1.71 bits per heavy atom. The smallest absolute Gasteiger partial charge is 0.0690 e. The molecule has 0 radical (unpaired) electrons. The summed E-state index contributed by atoms with van der Waals surface area (Å²) in [4.78, 5) is 0. The van der Waals surface area contributed by atoms with E-state index in [9.17, 15) is 5.11 Å². The molecule has 2 fully saturated rings. The molecule has 0 aliphatic heterocycles. The Morgan fingerprint density at radius 3 is 2.41 bits per heavy atom. The van der Waals surface area contributed by atoms with Crippen LogP contribution in [0.3, 0.4) is 0 Å². The fourth-order valence-electron chi connectivity index (χ4n) is 3.80. The summed E-state index contributed by atoms with van der Waals surface area (Å²) in [5, 5.41) is 23.2. The van der Waals surface area contributed by atoms with Gasteiger partial charge in [-0.05, 0) is 25.7 Å². The van der Waals surface area contributed by atoms with Gasteiger partial charge in [-0.15, -0.1) is 0 Å². The molecule has 2 aliphatic rings. The lowest BCUT2D eigenvalue weighted by Crippen LogP contribution is -2.52. The summed E-state index contributed by atoms with van der Waals surface area (Å²) in [7, 11) is 0. The number of nitrogens with one attached hydrogen (secondary N) is 1. The van der Waals surface area contributed by atoms with Crippen LogP contribution in [0.25, 0.3) is 0 Å². The maximum Gasteiger partial charge on any atom is 0.0690 e. The summed E-state index contributed by atoms with van der Waals surface area (Å²) in [5.74, 6) is 0.406. The van der Waals surface area contributed by atoms with E-state index in [-0.39, 0.29) is 6.61 Å². The molecule has 0 aromatic carbocycles. The third-order valence-electron chi connectivity index (χ3n) is 4.69. The third kappa shape index (κ3) is 3.21. The molecule has 2 rings (SSSR count). The molecule has 0 saturated heterocycles. The molecule has 0 spiro atoms. The first-order valence-electron chi connectivity index (χ1n) is 7.33. The van der Waals surface area contributed by atoms with E-state index in [2.05, 4.69) is 5.32 Å². The standard InChI is InChI=1S/C14H27NO2/c16-11-10-15-13-7-3-2-6-12(13)14(17)8-4-1-5-9-14/h12-13,15-17H,1-11H2. The van der Waals surface area contributed by atoms with Gasteiger partial charge in [-0.1, -0.05) is 32.1 Å². The van der Waals surface area contributed by atoms with Crippen LogP contribution < -0.4 is 5.32 Å². The Labute approximate surface area is 105 Å². The van der Waals surface area contributed by atoms with Crippen LogP contribution in [-0.4, -0.2) is 35.0 Å². The van der Waals surface area contributed by atoms with Gasteiger partial charge in [-0.2, -0.15) is 0 Å². The predicted octanol–water partition coefficient (Wildman–Crippen LogP) is 1.82. The summed E-state index contributed by atoms with van der Waals surface area (Å²) in [6.07, 6.45) is 10.4. The molecule has 17 heavy (non-hydrogen) atoms. The largest absolute Gasteiger partial charge is 0.395 e. The number of hydrogen-bond acceptors (Lipinski definition) is 3. The maximum atomic E-state index is 10.9. The molecule has 0 amide bonds. The van der Waals surface area contributed by atoms with Gasteiger partial charge in [0.05, 0.1) is 12.2 Å². The van der Waals surface area contributed by atoms with Crippen molar-refractivity contribution in [1.82, 2.24) is 5.32 Å². The van der Waals surface area contributed by atoms with Crippen molar-refractivity contribution in [3.63, 3.8) is 0 Å². The van der Waals surface area contributed by atoms with Crippen LogP contribution in [0.1, 0.15) is 57.8 Å². The van der Waals surface area contributed by atoms with Crippen LogP contribution in [0.5, 0.6) is 0 Å². The zero-order valence-corrected chi connectivity index (χ0v) is 10.8. The molecule has 0 aromatic heterocycles. The van der Waals surface area contributed by atoms with Gasteiger partial charge in [0.15, 0.2) is 0 Å². The summed E-state index contributed by atoms with van der Waals surface area (Å²) >= 11 is 0. The molecule has 0 bridgehead atoms. The first-order valence-corrected chi connectivity index (χ1v) is 7.33. The van der Waals surface area contributed by atoms with E-state index < -0.39 is 5.60 Å². The molecule has 3 N–H and O–H groups in total. The average Bonchev–Trinajstić information content (AvgIpc) is 2.37. The fourth-order valence-corrected chi connectivity index (χ4v) is 3.80. The number of aliphatic hydroxyl groups is 2. The SMILES string of the molecule is OCCNC1CCCCC1C1(O)CCCCC1. The van der Waals surface area contributed by atoms with Gasteiger partial charge in [-0.3, -0.25) is 0 Å². The van der Waals surface area contributed by atoms with Crippen LogP contribution in [0.2, 0.25) is 0 Å². The van der Waals surface area contributed by atoms with E-state index in [1.165, 1.54) is 32.1 Å². The van der Waals surface area contributed by atoms with Crippen LogP contribution in [0.15, 0.2) is 0 Å². The van der Waals surface area contributed by atoms with E-state index in [0.29, 0.717) is 18.5 Å². The zero-order valence-electron chi connectivity index (χ0n) is 10.8. The lowest BCUT2D eigenvalue weighted by Gasteiger charge is -2.45. The number of aliphatic hydroxyl groups excluding tert-OH is 1. The Hall–Kier alpha value is -0.120. The molecule has 100 valence electrons. The highest BCUT2D eigenvalue weighted by Gasteiger charge is 2.42. The third-order valence-corrected chi connectivity index (χ3v) is 4.69. The Bertz CT molecular complexity index is 226. The van der Waals surface area contributed by atoms with E-state index in [1.54, 1.807) is 0 Å². The van der Waals surface area contributed by atoms with E-state index >= 15 is 0 Å². The van der Waals surface area contributed by atoms with Crippen molar-refractivity contribution in [1.29, 1.82) is 0 Å². The molecule has 3 nitrogen and oxygen atoms in total. The predicted molar refractivity (Wildman–Crippen MR) is 68.9 cm³/mol. The van der Waals surface area contributed by atoms with Crippen molar-refractivity contribution < 1.29 is 10.2 Å². The summed E-state index contributed by atoms with van der Waals surface area (Å²) in [5.41, 5.74) is -0.425. The second-order valence-electron chi connectivity index (χ2n) is 5.84. The van der Waals surface area contributed by atoms with Gasteiger partial charge in [-0.25, -0.2) is 0 Å². The highest BCUT2D eigenvalue weighted by molar-refractivity contribution is 4.96. The Kier molecular flexibility index (Phi) is 4.83. The molecular weight excluding hydrogens is 214 g/mol. The minimum absolute atomic E-state index is 0.196. The van der Waals surface area contributed by atoms with Crippen molar-refractivity contribution in [2.45, 2.75) is 69.4 Å². The van der Waals surface area contributed by atoms with Gasteiger partial charge in [0, 0.05) is 18.5 Å². The summed E-state index contributed by atoms with van der Waals surface area (Å²) in [6.45, 7) is 0.860. The zero-order chi connectivity index (χ0) is 12.1. The molecule has 0 aromatic rings. The molecule has 2 aliphatic carbocycles. The normalized spacial score (nSPS) is 33.5. The second-order valence-corrected chi connectivity index (χ2v) is 5.84. The molecule has 0 heterocycles. The van der Waals surface area contributed by atoms with E-state index in [0.717, 1.165) is 25.7 Å².